The van der Waals surface area contributed by atoms with Crippen LogP contribution in [0, 0.1) is 13.8 Å². The zero-order valence-electron chi connectivity index (χ0n) is 19.9. The van der Waals surface area contributed by atoms with Crippen LogP contribution in [-0.4, -0.2) is 58.5 Å². The van der Waals surface area contributed by atoms with Gasteiger partial charge in [0.15, 0.2) is 0 Å². The molecule has 0 spiro atoms. The van der Waals surface area contributed by atoms with Gasteiger partial charge in [0, 0.05) is 43.5 Å². The Bertz CT molecular complexity index is 1060. The van der Waals surface area contributed by atoms with Gasteiger partial charge in [-0.25, -0.2) is 0 Å². The number of carbonyl (C=O) groups excluding carboxylic acids is 1. The van der Waals surface area contributed by atoms with E-state index in [9.17, 15) is 18.0 Å². The van der Waals surface area contributed by atoms with E-state index in [0.717, 1.165) is 36.5 Å². The van der Waals surface area contributed by atoms with Gasteiger partial charge in [0.25, 0.3) is 5.91 Å². The Morgan fingerprint density at radius 2 is 1.88 bits per heavy atom. The molecule has 0 radical (unpaired) electrons. The second kappa shape index (κ2) is 9.19. The van der Waals surface area contributed by atoms with Crippen LogP contribution in [0.5, 0.6) is 5.75 Å². The van der Waals surface area contributed by atoms with Crippen molar-refractivity contribution in [2.75, 3.05) is 19.7 Å². The molecule has 3 heterocycles. The molecule has 0 unspecified atom stereocenters. The van der Waals surface area contributed by atoms with E-state index in [1.54, 1.807) is 4.90 Å². The number of piperazine rings is 1. The molecular formula is C25H31F3N4O2. The molecule has 2 fully saturated rings. The third kappa shape index (κ3) is 4.63. The molecule has 34 heavy (non-hydrogen) atoms. The molecule has 2 saturated heterocycles. The van der Waals surface area contributed by atoms with Crippen LogP contribution in [0.4, 0.5) is 13.2 Å². The van der Waals surface area contributed by atoms with Crippen molar-refractivity contribution in [2.45, 2.75) is 64.5 Å². The maximum Gasteiger partial charge on any atom is 0.417 e. The highest BCUT2D eigenvalue weighted by Crippen LogP contribution is 2.39. The minimum Gasteiger partial charge on any atom is -0.492 e. The molecular weight excluding hydrogens is 445 g/mol. The van der Waals surface area contributed by atoms with Crippen molar-refractivity contribution in [3.05, 3.63) is 58.4 Å². The number of carbonyl (C=O) groups is 1. The second-order valence-corrected chi connectivity index (χ2v) is 9.49. The number of nitrogens with two attached hydrogens (primary N) is 1. The Kier molecular flexibility index (Phi) is 6.61. The van der Waals surface area contributed by atoms with Crippen LogP contribution >= 0.6 is 0 Å². The third-order valence-electron chi connectivity index (χ3n) is 7.08. The van der Waals surface area contributed by atoms with Gasteiger partial charge in [-0.3, -0.25) is 14.7 Å². The highest BCUT2D eigenvalue weighted by Gasteiger charge is 2.47. The van der Waals surface area contributed by atoms with Crippen LogP contribution < -0.4 is 10.5 Å². The number of ether oxygens (including phenoxy) is 1. The van der Waals surface area contributed by atoms with E-state index < -0.39 is 11.7 Å². The first-order valence-corrected chi connectivity index (χ1v) is 11.6. The number of hydrogen-bond donors (Lipinski definition) is 1. The number of alkyl halides is 3. The number of fused-ring (bicyclic) bond motifs is 2. The fraction of sp³-hybridized carbons (Fsp3) is 0.520. The van der Waals surface area contributed by atoms with Crippen molar-refractivity contribution in [1.29, 1.82) is 0 Å². The Balaban J connectivity index is 1.43. The molecule has 0 aliphatic carbocycles. The molecule has 6 nitrogen and oxygen atoms in total. The minimum atomic E-state index is -4.47. The molecule has 2 N–H and O–H groups in total. The number of pyridine rings is 1. The topological polar surface area (TPSA) is 71.7 Å². The molecule has 1 amide bonds. The van der Waals surface area contributed by atoms with Gasteiger partial charge in [-0.05, 0) is 69.0 Å². The highest BCUT2D eigenvalue weighted by atomic mass is 19.4. The van der Waals surface area contributed by atoms with Crippen molar-refractivity contribution >= 4 is 5.91 Å². The minimum absolute atomic E-state index is 0.0269. The lowest BCUT2D eigenvalue weighted by molar-refractivity contribution is -0.137. The number of benzene rings is 1. The second-order valence-electron chi connectivity index (χ2n) is 9.49. The van der Waals surface area contributed by atoms with E-state index >= 15 is 0 Å². The standard InChI is InChI=1S/C25H31F3N4O2/c1-14(29)13-34-23-8-6-21(15(2)16(23)3)17(4)31-11-20-9-19(31)12-32(20)24(33)22-7-5-18(10-30-22)25(26,27)28/h5-8,10,14,17,19-20H,9,11-13,29H2,1-4H3/t14-,17+,19+,20+/m1/s1. The van der Waals surface area contributed by atoms with E-state index in [1.807, 2.05) is 13.0 Å². The highest BCUT2D eigenvalue weighted by molar-refractivity contribution is 5.93. The summed E-state index contributed by atoms with van der Waals surface area (Å²) in [6.45, 7) is 9.96. The van der Waals surface area contributed by atoms with Crippen molar-refractivity contribution < 1.29 is 22.7 Å². The molecule has 2 aliphatic rings. The van der Waals surface area contributed by atoms with Gasteiger partial charge in [-0.1, -0.05) is 6.07 Å². The van der Waals surface area contributed by atoms with Crippen LogP contribution in [-0.2, 0) is 6.18 Å². The molecule has 4 atom stereocenters. The average molecular weight is 477 g/mol. The summed E-state index contributed by atoms with van der Waals surface area (Å²) in [5.41, 5.74) is 8.50. The van der Waals surface area contributed by atoms with E-state index in [4.69, 9.17) is 10.5 Å². The summed E-state index contributed by atoms with van der Waals surface area (Å²) in [6, 6.07) is 6.53. The van der Waals surface area contributed by atoms with Crippen molar-refractivity contribution in [1.82, 2.24) is 14.8 Å². The quantitative estimate of drug-likeness (QED) is 0.680. The molecule has 0 saturated carbocycles. The maximum absolute atomic E-state index is 12.9. The Labute approximate surface area is 197 Å². The molecule has 1 aromatic heterocycles. The van der Waals surface area contributed by atoms with Gasteiger partial charge in [-0.2, -0.15) is 13.2 Å². The van der Waals surface area contributed by atoms with Gasteiger partial charge in [0.1, 0.15) is 18.1 Å². The van der Waals surface area contributed by atoms with Crippen LogP contribution in [0.1, 0.15) is 59.1 Å². The number of aromatic nitrogens is 1. The van der Waals surface area contributed by atoms with E-state index in [0.29, 0.717) is 13.2 Å². The fourth-order valence-corrected chi connectivity index (χ4v) is 5.08. The molecule has 2 aromatic rings. The lowest BCUT2D eigenvalue weighted by Gasteiger charge is -2.38. The zero-order chi connectivity index (χ0) is 24.8. The first-order valence-electron chi connectivity index (χ1n) is 11.6. The molecule has 9 heteroatoms. The monoisotopic (exact) mass is 476 g/mol. The summed E-state index contributed by atoms with van der Waals surface area (Å²) in [5, 5.41) is 0. The molecule has 1 aromatic carbocycles. The van der Waals surface area contributed by atoms with Gasteiger partial charge in [0.2, 0.25) is 0 Å². The summed E-state index contributed by atoms with van der Waals surface area (Å²) in [5.74, 6) is 0.533. The summed E-state index contributed by atoms with van der Waals surface area (Å²) < 4.78 is 44.2. The Morgan fingerprint density at radius 1 is 1.15 bits per heavy atom. The van der Waals surface area contributed by atoms with Gasteiger partial charge in [0.05, 0.1) is 5.56 Å². The Morgan fingerprint density at radius 3 is 2.44 bits per heavy atom. The first kappa shape index (κ1) is 24.5. The zero-order valence-corrected chi connectivity index (χ0v) is 19.9. The normalized spacial score (nSPS) is 22.2. The van der Waals surface area contributed by atoms with Crippen LogP contribution in [0.15, 0.2) is 30.5 Å². The molecule has 2 bridgehead atoms. The summed E-state index contributed by atoms with van der Waals surface area (Å²) >= 11 is 0. The van der Waals surface area contributed by atoms with Crippen molar-refractivity contribution in [3.8, 4) is 5.75 Å². The van der Waals surface area contributed by atoms with Gasteiger partial charge >= 0.3 is 6.18 Å². The number of rotatable bonds is 6. The van der Waals surface area contributed by atoms with Crippen LogP contribution in [0.2, 0.25) is 0 Å². The number of hydrogen-bond acceptors (Lipinski definition) is 5. The molecule has 184 valence electrons. The summed E-state index contributed by atoms with van der Waals surface area (Å²) in [6.07, 6.45) is -2.89. The largest absolute Gasteiger partial charge is 0.492 e. The number of likely N-dealkylation sites (tertiary alicyclic amines) is 2. The SMILES string of the molecule is Cc1c(OC[C@@H](C)N)ccc([C@H](C)N2C[C@@H]3C[C@H]2CN3C(=O)c2ccc(C(F)(F)F)cn2)c1C. The number of halogens is 3. The lowest BCUT2D eigenvalue weighted by atomic mass is 9.96. The molecule has 2 aliphatic heterocycles. The first-order chi connectivity index (χ1) is 16.0. The molecule has 4 rings (SSSR count). The predicted molar refractivity (Wildman–Crippen MR) is 123 cm³/mol. The van der Waals surface area contributed by atoms with Crippen molar-refractivity contribution in [2.24, 2.45) is 5.73 Å². The van der Waals surface area contributed by atoms with Crippen LogP contribution in [0.3, 0.4) is 0 Å². The Hall–Kier alpha value is -2.65. The van der Waals surface area contributed by atoms with Gasteiger partial charge in [-0.15, -0.1) is 0 Å². The van der Waals surface area contributed by atoms with Gasteiger partial charge < -0.3 is 15.4 Å². The maximum atomic E-state index is 12.9. The smallest absolute Gasteiger partial charge is 0.417 e. The average Bonchev–Trinajstić information content (AvgIpc) is 3.40. The van der Waals surface area contributed by atoms with E-state index in [-0.39, 0.29) is 35.8 Å². The lowest BCUT2D eigenvalue weighted by Crippen LogP contribution is -2.49. The fourth-order valence-electron chi connectivity index (χ4n) is 5.08. The number of nitrogens with zero attached hydrogens (tertiary/aromatic N) is 3. The van der Waals surface area contributed by atoms with E-state index in [2.05, 4.69) is 36.7 Å². The third-order valence-corrected chi connectivity index (χ3v) is 7.08. The predicted octanol–water partition coefficient (Wildman–Crippen LogP) is 4.10. The summed E-state index contributed by atoms with van der Waals surface area (Å²) in [7, 11) is 0. The van der Waals surface area contributed by atoms with Crippen molar-refractivity contribution in [3.63, 3.8) is 0 Å². The van der Waals surface area contributed by atoms with Crippen LogP contribution in [0.25, 0.3) is 0 Å². The number of amides is 1. The summed E-state index contributed by atoms with van der Waals surface area (Å²) in [4.78, 5) is 20.9. The van der Waals surface area contributed by atoms with E-state index in [1.165, 1.54) is 17.2 Å².